The predicted octanol–water partition coefficient (Wildman–Crippen LogP) is 2.46. The minimum atomic E-state index is -0.924. The molecule has 0 amide bonds. The van der Waals surface area contributed by atoms with Crippen LogP contribution < -0.4 is 0 Å². The maximum Gasteiger partial charge on any atom is 0.112 e. The van der Waals surface area contributed by atoms with Gasteiger partial charge in [0.1, 0.15) is 5.60 Å². The average Bonchev–Trinajstić information content (AvgIpc) is 2.47. The Hall–Kier alpha value is -1.71. The molecular formula is C17H22N2O. The number of rotatable bonds is 6. The lowest BCUT2D eigenvalue weighted by Gasteiger charge is -2.29. The monoisotopic (exact) mass is 270 g/mol. The summed E-state index contributed by atoms with van der Waals surface area (Å²) in [6.45, 7) is 0.819. The summed E-state index contributed by atoms with van der Waals surface area (Å²) in [7, 11) is 4.03. The number of hydrogen-bond donors (Lipinski definition) is 1. The van der Waals surface area contributed by atoms with E-state index in [4.69, 9.17) is 0 Å². The van der Waals surface area contributed by atoms with Crippen molar-refractivity contribution in [2.45, 2.75) is 18.4 Å². The molecule has 1 heterocycles. The summed E-state index contributed by atoms with van der Waals surface area (Å²) >= 11 is 0. The van der Waals surface area contributed by atoms with E-state index >= 15 is 0 Å². The van der Waals surface area contributed by atoms with Crippen molar-refractivity contribution in [3.8, 4) is 0 Å². The summed E-state index contributed by atoms with van der Waals surface area (Å²) in [4.78, 5) is 6.44. The van der Waals surface area contributed by atoms with E-state index in [1.165, 1.54) is 0 Å². The lowest BCUT2D eigenvalue weighted by molar-refractivity contribution is 0.0170. The van der Waals surface area contributed by atoms with Gasteiger partial charge < -0.3 is 10.0 Å². The van der Waals surface area contributed by atoms with Crippen LogP contribution in [0.1, 0.15) is 17.7 Å². The van der Waals surface area contributed by atoms with Crippen molar-refractivity contribution in [2.75, 3.05) is 20.6 Å². The standard InChI is InChI=1S/C17H22N2O/c1-19(2)13-11-17(20,16-10-6-7-12-18-16)14-15-8-4-3-5-9-15/h3-10,12,20H,11,13-14H2,1-2H3/t17-/m1/s1. The molecule has 0 saturated heterocycles. The van der Waals surface area contributed by atoms with Gasteiger partial charge in [-0.25, -0.2) is 0 Å². The quantitative estimate of drug-likeness (QED) is 0.876. The molecule has 1 aromatic carbocycles. The van der Waals surface area contributed by atoms with Gasteiger partial charge in [0.2, 0.25) is 0 Å². The number of nitrogens with zero attached hydrogens (tertiary/aromatic N) is 2. The first-order valence-corrected chi connectivity index (χ1v) is 6.93. The van der Waals surface area contributed by atoms with Crippen molar-refractivity contribution < 1.29 is 5.11 Å². The average molecular weight is 270 g/mol. The van der Waals surface area contributed by atoms with Gasteiger partial charge >= 0.3 is 0 Å². The highest BCUT2D eigenvalue weighted by molar-refractivity contribution is 5.22. The third kappa shape index (κ3) is 3.89. The molecule has 1 aromatic heterocycles. The van der Waals surface area contributed by atoms with Crippen LogP contribution in [0.5, 0.6) is 0 Å². The fourth-order valence-corrected chi connectivity index (χ4v) is 2.29. The molecule has 0 bridgehead atoms. The van der Waals surface area contributed by atoms with E-state index in [1.807, 2.05) is 62.6 Å². The lowest BCUT2D eigenvalue weighted by atomic mass is 9.87. The van der Waals surface area contributed by atoms with Crippen LogP contribution >= 0.6 is 0 Å². The molecule has 0 unspecified atom stereocenters. The predicted molar refractivity (Wildman–Crippen MR) is 81.5 cm³/mol. The van der Waals surface area contributed by atoms with Crippen LogP contribution in [0, 0.1) is 0 Å². The Bertz CT molecular complexity index is 513. The molecule has 0 saturated carbocycles. The van der Waals surface area contributed by atoms with Gasteiger partial charge in [-0.15, -0.1) is 0 Å². The smallest absolute Gasteiger partial charge is 0.112 e. The largest absolute Gasteiger partial charge is 0.383 e. The highest BCUT2D eigenvalue weighted by atomic mass is 16.3. The number of aromatic nitrogens is 1. The van der Waals surface area contributed by atoms with Crippen molar-refractivity contribution in [1.82, 2.24) is 9.88 Å². The van der Waals surface area contributed by atoms with Crippen molar-refractivity contribution in [3.05, 3.63) is 66.0 Å². The van der Waals surface area contributed by atoms with E-state index < -0.39 is 5.60 Å². The van der Waals surface area contributed by atoms with Crippen LogP contribution in [0.2, 0.25) is 0 Å². The second kappa shape index (κ2) is 6.64. The summed E-state index contributed by atoms with van der Waals surface area (Å²) < 4.78 is 0. The molecular weight excluding hydrogens is 248 g/mol. The molecule has 2 aromatic rings. The van der Waals surface area contributed by atoms with Crippen LogP contribution in [-0.2, 0) is 12.0 Å². The maximum absolute atomic E-state index is 11.1. The summed E-state index contributed by atoms with van der Waals surface area (Å²) in [5.74, 6) is 0. The Balaban J connectivity index is 2.24. The van der Waals surface area contributed by atoms with Gasteiger partial charge in [0, 0.05) is 19.2 Å². The van der Waals surface area contributed by atoms with E-state index in [0.29, 0.717) is 12.8 Å². The zero-order chi connectivity index (χ0) is 14.4. The molecule has 20 heavy (non-hydrogen) atoms. The minimum Gasteiger partial charge on any atom is -0.383 e. The van der Waals surface area contributed by atoms with Gasteiger partial charge in [-0.05, 0) is 38.2 Å². The Kier molecular flexibility index (Phi) is 4.88. The van der Waals surface area contributed by atoms with E-state index in [9.17, 15) is 5.11 Å². The zero-order valence-corrected chi connectivity index (χ0v) is 12.2. The second-order valence-corrected chi connectivity index (χ2v) is 5.46. The summed E-state index contributed by atoms with van der Waals surface area (Å²) in [6, 6.07) is 15.8. The van der Waals surface area contributed by atoms with Crippen LogP contribution in [-0.4, -0.2) is 35.6 Å². The number of aliphatic hydroxyl groups is 1. The van der Waals surface area contributed by atoms with Crippen LogP contribution in [0.4, 0.5) is 0 Å². The fraction of sp³-hybridized carbons (Fsp3) is 0.353. The molecule has 1 N–H and O–H groups in total. The highest BCUT2D eigenvalue weighted by Gasteiger charge is 2.30. The molecule has 0 aliphatic heterocycles. The third-order valence-corrected chi connectivity index (χ3v) is 3.45. The summed E-state index contributed by atoms with van der Waals surface area (Å²) in [5.41, 5.74) is 0.942. The third-order valence-electron chi connectivity index (χ3n) is 3.45. The van der Waals surface area contributed by atoms with Gasteiger partial charge in [-0.2, -0.15) is 0 Å². The fourth-order valence-electron chi connectivity index (χ4n) is 2.29. The normalized spacial score (nSPS) is 14.2. The molecule has 106 valence electrons. The molecule has 3 heteroatoms. The lowest BCUT2D eigenvalue weighted by Crippen LogP contribution is -2.33. The topological polar surface area (TPSA) is 36.4 Å². The first-order valence-electron chi connectivity index (χ1n) is 6.93. The number of pyridine rings is 1. The zero-order valence-electron chi connectivity index (χ0n) is 12.2. The van der Waals surface area contributed by atoms with Crippen molar-refractivity contribution in [1.29, 1.82) is 0 Å². The van der Waals surface area contributed by atoms with Gasteiger partial charge in [0.25, 0.3) is 0 Å². The van der Waals surface area contributed by atoms with Crippen molar-refractivity contribution in [2.24, 2.45) is 0 Å². The first kappa shape index (κ1) is 14.7. The van der Waals surface area contributed by atoms with Gasteiger partial charge in [-0.3, -0.25) is 4.98 Å². The Labute approximate surface area is 120 Å². The van der Waals surface area contributed by atoms with Gasteiger partial charge in [-0.1, -0.05) is 36.4 Å². The first-order chi connectivity index (χ1) is 9.60. The second-order valence-electron chi connectivity index (χ2n) is 5.46. The molecule has 0 aliphatic carbocycles. The van der Waals surface area contributed by atoms with Gasteiger partial charge in [0.05, 0.1) is 5.69 Å². The molecule has 0 fully saturated rings. The van der Waals surface area contributed by atoms with E-state index in [1.54, 1.807) is 6.20 Å². The van der Waals surface area contributed by atoms with E-state index in [2.05, 4.69) is 9.88 Å². The number of hydrogen-bond acceptors (Lipinski definition) is 3. The summed E-state index contributed by atoms with van der Waals surface area (Å²) in [6.07, 6.45) is 2.98. The molecule has 2 rings (SSSR count). The van der Waals surface area contributed by atoms with Crippen LogP contribution in [0.15, 0.2) is 54.7 Å². The summed E-state index contributed by atoms with van der Waals surface area (Å²) in [5, 5.41) is 11.1. The molecule has 0 aliphatic rings. The van der Waals surface area contributed by atoms with Crippen molar-refractivity contribution >= 4 is 0 Å². The Morgan fingerprint density at radius 2 is 1.75 bits per heavy atom. The molecule has 1 atom stereocenters. The highest BCUT2D eigenvalue weighted by Crippen LogP contribution is 2.28. The van der Waals surface area contributed by atoms with E-state index in [-0.39, 0.29) is 0 Å². The number of benzene rings is 1. The molecule has 0 spiro atoms. The van der Waals surface area contributed by atoms with E-state index in [0.717, 1.165) is 17.8 Å². The minimum absolute atomic E-state index is 0.582. The van der Waals surface area contributed by atoms with Crippen LogP contribution in [0.25, 0.3) is 0 Å². The SMILES string of the molecule is CN(C)CC[C@@](O)(Cc1ccccc1)c1ccccn1. The molecule has 3 nitrogen and oxygen atoms in total. The van der Waals surface area contributed by atoms with Gasteiger partial charge in [0.15, 0.2) is 0 Å². The molecule has 0 radical (unpaired) electrons. The van der Waals surface area contributed by atoms with Crippen LogP contribution in [0.3, 0.4) is 0 Å². The Morgan fingerprint density at radius 3 is 2.35 bits per heavy atom. The maximum atomic E-state index is 11.1. The Morgan fingerprint density at radius 1 is 1.05 bits per heavy atom. The van der Waals surface area contributed by atoms with Crippen molar-refractivity contribution in [3.63, 3.8) is 0 Å².